The number of rotatable bonds is 6. The summed E-state index contributed by atoms with van der Waals surface area (Å²) in [7, 11) is 3.97. The van der Waals surface area contributed by atoms with Gasteiger partial charge in [-0.25, -0.2) is 4.98 Å². The van der Waals surface area contributed by atoms with Gasteiger partial charge in [0.2, 0.25) is 11.9 Å². The molecule has 0 spiro atoms. The SMILES string of the molecule is CN(C)c1nc(N[C@H]2CC[C@@H](C(=O)NCc3cc(Cl)cc(Cl)c3)CC2)nc2ccccc12. The molecule has 0 radical (unpaired) electrons. The van der Waals surface area contributed by atoms with E-state index in [4.69, 9.17) is 33.2 Å². The Morgan fingerprint density at radius 3 is 2.41 bits per heavy atom. The molecule has 1 aliphatic rings. The van der Waals surface area contributed by atoms with Crippen molar-refractivity contribution in [3.05, 3.63) is 58.1 Å². The van der Waals surface area contributed by atoms with Gasteiger partial charge >= 0.3 is 0 Å². The lowest BCUT2D eigenvalue weighted by atomic mass is 9.85. The van der Waals surface area contributed by atoms with Crippen LogP contribution in [0.2, 0.25) is 10.0 Å². The molecule has 2 aromatic carbocycles. The minimum Gasteiger partial charge on any atom is -0.362 e. The Morgan fingerprint density at radius 1 is 1.03 bits per heavy atom. The van der Waals surface area contributed by atoms with Crippen LogP contribution in [0.15, 0.2) is 42.5 Å². The first kappa shape index (κ1) is 22.6. The number of para-hydroxylation sites is 1. The minimum atomic E-state index is 0.0116. The number of halogens is 2. The van der Waals surface area contributed by atoms with Crippen molar-refractivity contribution >= 4 is 51.8 Å². The molecule has 1 heterocycles. The normalized spacial score (nSPS) is 18.4. The van der Waals surface area contributed by atoms with Gasteiger partial charge in [-0.1, -0.05) is 35.3 Å². The Labute approximate surface area is 198 Å². The van der Waals surface area contributed by atoms with Crippen molar-refractivity contribution in [3.63, 3.8) is 0 Å². The number of hydrogen-bond donors (Lipinski definition) is 2. The molecule has 4 rings (SSSR count). The van der Waals surface area contributed by atoms with E-state index < -0.39 is 0 Å². The molecular weight excluding hydrogens is 445 g/mol. The van der Waals surface area contributed by atoms with Crippen LogP contribution in [0.5, 0.6) is 0 Å². The Kier molecular flexibility index (Phi) is 7.01. The average Bonchev–Trinajstić information content (AvgIpc) is 2.76. The van der Waals surface area contributed by atoms with E-state index in [0.29, 0.717) is 22.5 Å². The van der Waals surface area contributed by atoms with Crippen LogP contribution in [0.4, 0.5) is 11.8 Å². The molecule has 1 saturated carbocycles. The first-order chi connectivity index (χ1) is 15.4. The molecule has 6 nitrogen and oxygen atoms in total. The summed E-state index contributed by atoms with van der Waals surface area (Å²) in [6.07, 6.45) is 3.45. The second-order valence-electron chi connectivity index (χ2n) is 8.47. The van der Waals surface area contributed by atoms with Crippen molar-refractivity contribution in [1.82, 2.24) is 15.3 Å². The number of fused-ring (bicyclic) bond motifs is 1. The van der Waals surface area contributed by atoms with Crippen LogP contribution < -0.4 is 15.5 Å². The average molecular weight is 472 g/mol. The van der Waals surface area contributed by atoms with Gasteiger partial charge in [0.15, 0.2) is 0 Å². The number of benzene rings is 2. The molecule has 1 amide bonds. The van der Waals surface area contributed by atoms with Gasteiger partial charge in [-0.15, -0.1) is 0 Å². The topological polar surface area (TPSA) is 70.2 Å². The van der Waals surface area contributed by atoms with Crippen LogP contribution in [-0.2, 0) is 11.3 Å². The molecular formula is C24H27Cl2N5O. The lowest BCUT2D eigenvalue weighted by Gasteiger charge is -2.28. The van der Waals surface area contributed by atoms with E-state index in [9.17, 15) is 4.79 Å². The van der Waals surface area contributed by atoms with E-state index >= 15 is 0 Å². The van der Waals surface area contributed by atoms with Crippen molar-refractivity contribution in [3.8, 4) is 0 Å². The predicted molar refractivity (Wildman–Crippen MR) is 132 cm³/mol. The second kappa shape index (κ2) is 9.92. The molecule has 8 heteroatoms. The molecule has 2 N–H and O–H groups in total. The van der Waals surface area contributed by atoms with Gasteiger partial charge in [-0.2, -0.15) is 4.98 Å². The maximum absolute atomic E-state index is 12.6. The molecule has 0 unspecified atom stereocenters. The Balaban J connectivity index is 1.33. The van der Waals surface area contributed by atoms with Gasteiger partial charge in [-0.05, 0) is 61.6 Å². The fraction of sp³-hybridized carbons (Fsp3) is 0.375. The monoisotopic (exact) mass is 471 g/mol. The van der Waals surface area contributed by atoms with Crippen LogP contribution in [0, 0.1) is 5.92 Å². The van der Waals surface area contributed by atoms with Crippen molar-refractivity contribution < 1.29 is 4.79 Å². The number of nitrogens with zero attached hydrogens (tertiary/aromatic N) is 3. The fourth-order valence-corrected chi connectivity index (χ4v) is 4.77. The molecule has 0 aliphatic heterocycles. The smallest absolute Gasteiger partial charge is 0.225 e. The number of hydrogen-bond acceptors (Lipinski definition) is 5. The van der Waals surface area contributed by atoms with Gasteiger partial charge in [0, 0.05) is 48.0 Å². The van der Waals surface area contributed by atoms with Crippen LogP contribution in [-0.4, -0.2) is 36.0 Å². The zero-order chi connectivity index (χ0) is 22.7. The standard InChI is InChI=1S/C24H27Cl2N5O/c1-31(2)22-20-5-3-4-6-21(20)29-24(30-22)28-19-9-7-16(8-10-19)23(32)27-14-15-11-17(25)13-18(26)12-15/h3-6,11-13,16,19H,7-10,14H2,1-2H3,(H,27,32)(H,28,29,30)/t16-,19+. The predicted octanol–water partition coefficient (Wildman–Crippen LogP) is 5.29. The van der Waals surface area contributed by atoms with Crippen molar-refractivity contribution in [2.45, 2.75) is 38.3 Å². The number of amides is 1. The highest BCUT2D eigenvalue weighted by atomic mass is 35.5. The zero-order valence-corrected chi connectivity index (χ0v) is 19.7. The van der Waals surface area contributed by atoms with Gasteiger partial charge < -0.3 is 15.5 Å². The fourth-order valence-electron chi connectivity index (χ4n) is 4.19. The van der Waals surface area contributed by atoms with Gasteiger partial charge in [0.05, 0.1) is 5.52 Å². The second-order valence-corrected chi connectivity index (χ2v) is 9.34. The number of carbonyl (C=O) groups is 1. The molecule has 1 aliphatic carbocycles. The Hall–Kier alpha value is -2.57. The van der Waals surface area contributed by atoms with Gasteiger partial charge in [0.25, 0.3) is 0 Å². The summed E-state index contributed by atoms with van der Waals surface area (Å²) in [5, 5.41) is 8.68. The summed E-state index contributed by atoms with van der Waals surface area (Å²) in [4.78, 5) is 24.1. The molecule has 168 valence electrons. The van der Waals surface area contributed by atoms with E-state index in [1.54, 1.807) is 6.07 Å². The quantitative estimate of drug-likeness (QED) is 0.510. The third-order valence-corrected chi connectivity index (χ3v) is 6.26. The maximum Gasteiger partial charge on any atom is 0.225 e. The van der Waals surface area contributed by atoms with E-state index in [-0.39, 0.29) is 17.9 Å². The zero-order valence-electron chi connectivity index (χ0n) is 18.2. The first-order valence-corrected chi connectivity index (χ1v) is 11.6. The molecule has 0 bridgehead atoms. The Morgan fingerprint density at radius 2 is 1.72 bits per heavy atom. The van der Waals surface area contributed by atoms with Crippen LogP contribution >= 0.6 is 23.2 Å². The molecule has 32 heavy (non-hydrogen) atoms. The maximum atomic E-state index is 12.6. The van der Waals surface area contributed by atoms with E-state index in [1.165, 1.54) is 0 Å². The lowest BCUT2D eigenvalue weighted by molar-refractivity contribution is -0.126. The van der Waals surface area contributed by atoms with E-state index in [0.717, 1.165) is 48.0 Å². The molecule has 1 aromatic heterocycles. The lowest BCUT2D eigenvalue weighted by Crippen LogP contribution is -2.35. The van der Waals surface area contributed by atoms with Crippen molar-refractivity contribution in [2.24, 2.45) is 5.92 Å². The Bertz CT molecular complexity index is 1090. The summed E-state index contributed by atoms with van der Waals surface area (Å²) >= 11 is 12.1. The highest BCUT2D eigenvalue weighted by molar-refractivity contribution is 6.34. The van der Waals surface area contributed by atoms with Crippen LogP contribution in [0.25, 0.3) is 10.9 Å². The summed E-state index contributed by atoms with van der Waals surface area (Å²) in [5.41, 5.74) is 1.82. The largest absolute Gasteiger partial charge is 0.362 e. The molecule has 0 saturated heterocycles. The van der Waals surface area contributed by atoms with Gasteiger partial charge in [0.1, 0.15) is 5.82 Å². The minimum absolute atomic E-state index is 0.0116. The number of nitrogens with one attached hydrogen (secondary N) is 2. The summed E-state index contributed by atoms with van der Waals surface area (Å²) < 4.78 is 0. The summed E-state index contributed by atoms with van der Waals surface area (Å²) in [6.45, 7) is 0.426. The van der Waals surface area contributed by atoms with Crippen LogP contribution in [0.3, 0.4) is 0 Å². The highest BCUT2D eigenvalue weighted by Gasteiger charge is 2.26. The van der Waals surface area contributed by atoms with Gasteiger partial charge in [-0.3, -0.25) is 4.79 Å². The first-order valence-electron chi connectivity index (χ1n) is 10.8. The van der Waals surface area contributed by atoms with E-state index in [2.05, 4.69) is 10.6 Å². The molecule has 1 fully saturated rings. The molecule has 0 atom stereocenters. The van der Waals surface area contributed by atoms with Crippen molar-refractivity contribution in [2.75, 3.05) is 24.3 Å². The third-order valence-electron chi connectivity index (χ3n) is 5.83. The number of anilines is 2. The number of carbonyl (C=O) groups excluding carboxylic acids is 1. The van der Waals surface area contributed by atoms with Crippen molar-refractivity contribution in [1.29, 1.82) is 0 Å². The summed E-state index contributed by atoms with van der Waals surface area (Å²) in [5.74, 6) is 1.62. The van der Waals surface area contributed by atoms with E-state index in [1.807, 2.05) is 55.4 Å². The summed E-state index contributed by atoms with van der Waals surface area (Å²) in [6, 6.07) is 13.6. The third kappa shape index (κ3) is 5.43. The number of aromatic nitrogens is 2. The highest BCUT2D eigenvalue weighted by Crippen LogP contribution is 2.29. The van der Waals surface area contributed by atoms with Crippen LogP contribution in [0.1, 0.15) is 31.2 Å². The molecule has 3 aromatic rings.